The van der Waals surface area contributed by atoms with Gasteiger partial charge in [0, 0.05) is 0 Å². The third kappa shape index (κ3) is 3.56. The summed E-state index contributed by atoms with van der Waals surface area (Å²) in [6.07, 6.45) is 0.844. The van der Waals surface area contributed by atoms with Crippen LogP contribution in [0.5, 0.6) is 5.75 Å². The first-order chi connectivity index (χ1) is 7.67. The van der Waals surface area contributed by atoms with Gasteiger partial charge in [-0.3, -0.25) is 0 Å². The summed E-state index contributed by atoms with van der Waals surface area (Å²) in [5, 5.41) is 9.15. The Balaban J connectivity index is 2.75. The molecule has 16 heavy (non-hydrogen) atoms. The van der Waals surface area contributed by atoms with Crippen LogP contribution < -0.4 is 4.74 Å². The van der Waals surface area contributed by atoms with E-state index in [9.17, 15) is 0 Å². The summed E-state index contributed by atoms with van der Waals surface area (Å²) in [5.74, 6) is 0.750. The standard InChI is InChI=1S/C13H18N2O/c1-15(2)8-7-12(10-14)11-5-4-6-13(9-11)16-3/h4-6,9,12H,7-8H2,1-3H3/t12-/m0/s1. The van der Waals surface area contributed by atoms with Crippen molar-refractivity contribution in [3.05, 3.63) is 29.8 Å². The Morgan fingerprint density at radius 1 is 1.44 bits per heavy atom. The van der Waals surface area contributed by atoms with Crippen molar-refractivity contribution >= 4 is 0 Å². The Bertz CT molecular complexity index is 368. The highest BCUT2D eigenvalue weighted by Gasteiger charge is 2.11. The maximum Gasteiger partial charge on any atom is 0.119 e. The summed E-state index contributed by atoms with van der Waals surface area (Å²) in [6, 6.07) is 10.1. The van der Waals surface area contributed by atoms with Crippen LogP contribution in [0.1, 0.15) is 17.9 Å². The minimum atomic E-state index is -0.0579. The third-order valence-corrected chi connectivity index (χ3v) is 2.52. The summed E-state index contributed by atoms with van der Waals surface area (Å²) in [4.78, 5) is 2.09. The first kappa shape index (κ1) is 12.5. The number of methoxy groups -OCH3 is 1. The molecule has 0 aliphatic rings. The van der Waals surface area contributed by atoms with Gasteiger partial charge in [0.1, 0.15) is 5.75 Å². The van der Waals surface area contributed by atoms with Crippen LogP contribution in [0.4, 0.5) is 0 Å². The minimum Gasteiger partial charge on any atom is -0.497 e. The molecule has 0 aromatic heterocycles. The van der Waals surface area contributed by atoms with Gasteiger partial charge in [-0.25, -0.2) is 0 Å². The Hall–Kier alpha value is -1.53. The van der Waals surface area contributed by atoms with Crippen LogP contribution >= 0.6 is 0 Å². The van der Waals surface area contributed by atoms with Crippen molar-refractivity contribution in [1.29, 1.82) is 5.26 Å². The van der Waals surface area contributed by atoms with Crippen LogP contribution in [0.25, 0.3) is 0 Å². The zero-order valence-corrected chi connectivity index (χ0v) is 10.1. The van der Waals surface area contributed by atoms with Crippen molar-refractivity contribution < 1.29 is 4.74 Å². The molecule has 0 saturated carbocycles. The van der Waals surface area contributed by atoms with E-state index in [0.29, 0.717) is 0 Å². The van der Waals surface area contributed by atoms with E-state index < -0.39 is 0 Å². The highest BCUT2D eigenvalue weighted by molar-refractivity contribution is 5.33. The average molecular weight is 218 g/mol. The van der Waals surface area contributed by atoms with E-state index in [1.807, 2.05) is 38.4 Å². The Morgan fingerprint density at radius 3 is 2.75 bits per heavy atom. The van der Waals surface area contributed by atoms with Gasteiger partial charge in [-0.15, -0.1) is 0 Å². The van der Waals surface area contributed by atoms with E-state index in [2.05, 4.69) is 11.0 Å². The number of benzene rings is 1. The lowest BCUT2D eigenvalue weighted by atomic mass is 9.97. The van der Waals surface area contributed by atoms with E-state index in [-0.39, 0.29) is 5.92 Å². The fourth-order valence-corrected chi connectivity index (χ4v) is 1.55. The molecular weight excluding hydrogens is 200 g/mol. The molecule has 0 amide bonds. The van der Waals surface area contributed by atoms with Crippen molar-refractivity contribution in [3.63, 3.8) is 0 Å². The van der Waals surface area contributed by atoms with Gasteiger partial charge in [0.15, 0.2) is 0 Å². The number of ether oxygens (including phenoxy) is 1. The lowest BCUT2D eigenvalue weighted by Crippen LogP contribution is -2.15. The Morgan fingerprint density at radius 2 is 2.19 bits per heavy atom. The summed E-state index contributed by atoms with van der Waals surface area (Å²) in [5.41, 5.74) is 1.03. The van der Waals surface area contributed by atoms with E-state index >= 15 is 0 Å². The first-order valence-corrected chi connectivity index (χ1v) is 5.35. The van der Waals surface area contributed by atoms with Crippen LogP contribution in [-0.4, -0.2) is 32.6 Å². The molecule has 1 atom stereocenters. The molecule has 0 spiro atoms. The molecule has 3 nitrogen and oxygen atoms in total. The molecule has 1 aromatic carbocycles. The fourth-order valence-electron chi connectivity index (χ4n) is 1.55. The van der Waals surface area contributed by atoms with Crippen molar-refractivity contribution in [2.45, 2.75) is 12.3 Å². The summed E-state index contributed by atoms with van der Waals surface area (Å²) in [6.45, 7) is 0.912. The van der Waals surface area contributed by atoms with E-state index in [4.69, 9.17) is 10.00 Å². The molecule has 1 aromatic rings. The molecule has 0 aliphatic carbocycles. The van der Waals surface area contributed by atoms with Gasteiger partial charge in [0.2, 0.25) is 0 Å². The van der Waals surface area contributed by atoms with E-state index in [1.54, 1.807) is 7.11 Å². The van der Waals surface area contributed by atoms with Gasteiger partial charge < -0.3 is 9.64 Å². The molecule has 1 rings (SSSR count). The van der Waals surface area contributed by atoms with Gasteiger partial charge in [0.25, 0.3) is 0 Å². The summed E-state index contributed by atoms with van der Waals surface area (Å²) < 4.78 is 5.16. The average Bonchev–Trinajstić information content (AvgIpc) is 2.30. The normalized spacial score (nSPS) is 12.2. The third-order valence-electron chi connectivity index (χ3n) is 2.52. The minimum absolute atomic E-state index is 0.0579. The van der Waals surface area contributed by atoms with Crippen LogP contribution in [0, 0.1) is 11.3 Å². The molecule has 0 saturated heterocycles. The molecule has 0 unspecified atom stereocenters. The van der Waals surface area contributed by atoms with Crippen LogP contribution in [-0.2, 0) is 0 Å². The second kappa shape index (κ2) is 6.14. The molecule has 0 bridgehead atoms. The zero-order valence-electron chi connectivity index (χ0n) is 10.1. The SMILES string of the molecule is COc1cccc([C@H](C#N)CCN(C)C)c1. The second-order valence-corrected chi connectivity index (χ2v) is 4.05. The number of hydrogen-bond acceptors (Lipinski definition) is 3. The molecule has 0 aliphatic heterocycles. The van der Waals surface area contributed by atoms with Crippen LogP contribution in [0.15, 0.2) is 24.3 Å². The van der Waals surface area contributed by atoms with Gasteiger partial charge in [-0.1, -0.05) is 12.1 Å². The van der Waals surface area contributed by atoms with Gasteiger partial charge in [-0.05, 0) is 44.8 Å². The van der Waals surface area contributed by atoms with Crippen molar-refractivity contribution in [2.24, 2.45) is 0 Å². The van der Waals surface area contributed by atoms with E-state index in [0.717, 1.165) is 24.3 Å². The van der Waals surface area contributed by atoms with Gasteiger partial charge >= 0.3 is 0 Å². The summed E-state index contributed by atoms with van der Waals surface area (Å²) >= 11 is 0. The first-order valence-electron chi connectivity index (χ1n) is 5.35. The highest BCUT2D eigenvalue weighted by atomic mass is 16.5. The molecular formula is C13H18N2O. The molecule has 0 fully saturated rings. The largest absolute Gasteiger partial charge is 0.497 e. The highest BCUT2D eigenvalue weighted by Crippen LogP contribution is 2.23. The Kier molecular flexibility index (Phi) is 4.81. The Labute approximate surface area is 97.3 Å². The van der Waals surface area contributed by atoms with Gasteiger partial charge in [-0.2, -0.15) is 5.26 Å². The van der Waals surface area contributed by atoms with Crippen molar-refractivity contribution in [2.75, 3.05) is 27.7 Å². The molecule has 0 N–H and O–H groups in total. The molecule has 86 valence electrons. The molecule has 3 heteroatoms. The van der Waals surface area contributed by atoms with E-state index in [1.165, 1.54) is 0 Å². The smallest absolute Gasteiger partial charge is 0.119 e. The maximum atomic E-state index is 9.15. The quantitative estimate of drug-likeness (QED) is 0.760. The fraction of sp³-hybridized carbons (Fsp3) is 0.462. The number of hydrogen-bond donors (Lipinski definition) is 0. The maximum absolute atomic E-state index is 9.15. The van der Waals surface area contributed by atoms with Gasteiger partial charge in [0.05, 0.1) is 19.1 Å². The summed E-state index contributed by atoms with van der Waals surface area (Å²) in [7, 11) is 5.67. The van der Waals surface area contributed by atoms with Crippen molar-refractivity contribution in [3.8, 4) is 11.8 Å². The lowest BCUT2D eigenvalue weighted by Gasteiger charge is -2.14. The number of rotatable bonds is 5. The van der Waals surface area contributed by atoms with Crippen LogP contribution in [0.2, 0.25) is 0 Å². The van der Waals surface area contributed by atoms with Crippen molar-refractivity contribution in [1.82, 2.24) is 4.90 Å². The molecule has 0 heterocycles. The molecule has 0 radical (unpaired) electrons. The second-order valence-electron chi connectivity index (χ2n) is 4.05. The zero-order chi connectivity index (χ0) is 12.0. The predicted octanol–water partition coefficient (Wildman–Crippen LogP) is 2.25. The monoisotopic (exact) mass is 218 g/mol. The lowest BCUT2D eigenvalue weighted by molar-refractivity contribution is 0.392. The van der Waals surface area contributed by atoms with Crippen LogP contribution in [0.3, 0.4) is 0 Å². The topological polar surface area (TPSA) is 36.3 Å². The predicted molar refractivity (Wildman–Crippen MR) is 64.5 cm³/mol. The number of nitrogens with zero attached hydrogens (tertiary/aromatic N) is 2. The number of nitriles is 1.